The van der Waals surface area contributed by atoms with Gasteiger partial charge in [-0.25, -0.2) is 9.18 Å². The van der Waals surface area contributed by atoms with Gasteiger partial charge in [-0.1, -0.05) is 36.4 Å². The summed E-state index contributed by atoms with van der Waals surface area (Å²) in [7, 11) is 0. The van der Waals surface area contributed by atoms with Crippen LogP contribution in [0.3, 0.4) is 0 Å². The van der Waals surface area contributed by atoms with E-state index in [0.29, 0.717) is 6.42 Å². The summed E-state index contributed by atoms with van der Waals surface area (Å²) in [6.07, 6.45) is 1.91. The molecule has 0 aromatic heterocycles. The molecule has 22 heavy (non-hydrogen) atoms. The first-order valence-electron chi connectivity index (χ1n) is 7.36. The molecule has 3 rings (SSSR count). The molecule has 2 aliphatic carbocycles. The van der Waals surface area contributed by atoms with Gasteiger partial charge in [-0.15, -0.1) is 0 Å². The first-order valence-corrected chi connectivity index (χ1v) is 7.36. The molecule has 5 heteroatoms. The van der Waals surface area contributed by atoms with Crippen LogP contribution in [-0.2, 0) is 25.7 Å². The van der Waals surface area contributed by atoms with Crippen LogP contribution in [0.5, 0.6) is 0 Å². The number of benzene rings is 1. The standard InChI is InChI=1S/C17H17FO4/c1-2-21-16(20)14-12-8-9-13(17(12,14)18)15(19)22-10-11-6-4-3-5-7-11/h3-7,9,12,14H,2,8,10H2,1H3. The van der Waals surface area contributed by atoms with Gasteiger partial charge < -0.3 is 9.47 Å². The number of fused-ring (bicyclic) bond motifs is 1. The summed E-state index contributed by atoms with van der Waals surface area (Å²) in [6.45, 7) is 1.96. The van der Waals surface area contributed by atoms with Crippen molar-refractivity contribution in [3.63, 3.8) is 0 Å². The van der Waals surface area contributed by atoms with Crippen molar-refractivity contribution in [1.29, 1.82) is 0 Å². The number of carbonyl (C=O) groups is 2. The minimum absolute atomic E-state index is 0.0357. The molecule has 0 amide bonds. The molecule has 1 aromatic rings. The van der Waals surface area contributed by atoms with Crippen LogP contribution >= 0.6 is 0 Å². The Morgan fingerprint density at radius 1 is 1.27 bits per heavy atom. The van der Waals surface area contributed by atoms with E-state index in [2.05, 4.69) is 0 Å². The Hall–Kier alpha value is -2.17. The van der Waals surface area contributed by atoms with Gasteiger partial charge >= 0.3 is 11.9 Å². The second kappa shape index (κ2) is 5.55. The summed E-state index contributed by atoms with van der Waals surface area (Å²) in [6, 6.07) is 9.18. The van der Waals surface area contributed by atoms with Crippen LogP contribution in [0.2, 0.25) is 0 Å². The highest BCUT2D eigenvalue weighted by atomic mass is 19.1. The van der Waals surface area contributed by atoms with Crippen LogP contribution in [-0.4, -0.2) is 24.2 Å². The molecule has 1 saturated carbocycles. The number of ether oxygens (including phenoxy) is 2. The van der Waals surface area contributed by atoms with Crippen LogP contribution in [0.4, 0.5) is 4.39 Å². The third kappa shape index (κ3) is 2.30. The lowest BCUT2D eigenvalue weighted by Crippen LogP contribution is -2.22. The van der Waals surface area contributed by atoms with Gasteiger partial charge in [0.15, 0.2) is 5.67 Å². The van der Waals surface area contributed by atoms with E-state index in [4.69, 9.17) is 9.47 Å². The zero-order valence-electron chi connectivity index (χ0n) is 12.3. The average molecular weight is 304 g/mol. The van der Waals surface area contributed by atoms with Crippen molar-refractivity contribution >= 4 is 11.9 Å². The van der Waals surface area contributed by atoms with Crippen molar-refractivity contribution in [3.05, 3.63) is 47.5 Å². The van der Waals surface area contributed by atoms with Crippen molar-refractivity contribution in [2.75, 3.05) is 6.61 Å². The Bertz CT molecular complexity index is 625. The van der Waals surface area contributed by atoms with Crippen molar-refractivity contribution in [1.82, 2.24) is 0 Å². The zero-order valence-corrected chi connectivity index (χ0v) is 12.3. The Morgan fingerprint density at radius 3 is 2.68 bits per heavy atom. The van der Waals surface area contributed by atoms with Crippen molar-refractivity contribution in [2.45, 2.75) is 25.6 Å². The molecule has 4 nitrogen and oxygen atoms in total. The normalized spacial score (nSPS) is 28.5. The number of hydrogen-bond donors (Lipinski definition) is 0. The molecule has 3 unspecified atom stereocenters. The van der Waals surface area contributed by atoms with E-state index >= 15 is 0 Å². The Labute approximate surface area is 127 Å². The smallest absolute Gasteiger partial charge is 0.337 e. The van der Waals surface area contributed by atoms with Crippen molar-refractivity contribution < 1.29 is 23.5 Å². The van der Waals surface area contributed by atoms with Gasteiger partial charge in [0, 0.05) is 5.92 Å². The molecule has 0 heterocycles. The summed E-state index contributed by atoms with van der Waals surface area (Å²) in [5.41, 5.74) is -1.11. The lowest BCUT2D eigenvalue weighted by Gasteiger charge is -2.11. The quantitative estimate of drug-likeness (QED) is 0.785. The molecule has 2 aliphatic rings. The SMILES string of the molecule is CCOC(=O)C1C2CC=C(C(=O)OCc3ccccc3)C21F. The first-order chi connectivity index (χ1) is 10.6. The predicted octanol–water partition coefficient (Wildman–Crippen LogP) is 2.58. The van der Waals surface area contributed by atoms with Gasteiger partial charge in [-0.2, -0.15) is 0 Å². The molecule has 0 spiro atoms. The lowest BCUT2D eigenvalue weighted by molar-refractivity contribution is -0.146. The summed E-state index contributed by atoms with van der Waals surface area (Å²) in [4.78, 5) is 23.8. The number of esters is 2. The summed E-state index contributed by atoms with van der Waals surface area (Å²) < 4.78 is 24.9. The van der Waals surface area contributed by atoms with Crippen LogP contribution in [0.25, 0.3) is 0 Å². The fourth-order valence-electron chi connectivity index (χ4n) is 3.11. The zero-order chi connectivity index (χ0) is 15.7. The van der Waals surface area contributed by atoms with Crippen molar-refractivity contribution in [3.8, 4) is 0 Å². The Kier molecular flexibility index (Phi) is 3.72. The average Bonchev–Trinajstić information content (AvgIpc) is 2.97. The molecule has 0 radical (unpaired) electrons. The second-order valence-electron chi connectivity index (χ2n) is 5.52. The Morgan fingerprint density at radius 2 is 2.00 bits per heavy atom. The topological polar surface area (TPSA) is 52.6 Å². The third-order valence-corrected chi connectivity index (χ3v) is 4.25. The third-order valence-electron chi connectivity index (χ3n) is 4.25. The molecule has 0 N–H and O–H groups in total. The molecule has 1 fully saturated rings. The fourth-order valence-corrected chi connectivity index (χ4v) is 3.11. The van der Waals surface area contributed by atoms with Gasteiger partial charge in [-0.3, -0.25) is 4.79 Å². The lowest BCUT2D eigenvalue weighted by atomic mass is 10.1. The fraction of sp³-hybridized carbons (Fsp3) is 0.412. The predicted molar refractivity (Wildman–Crippen MR) is 76.4 cm³/mol. The van der Waals surface area contributed by atoms with Gasteiger partial charge in [-0.05, 0) is 18.9 Å². The van der Waals surface area contributed by atoms with Crippen molar-refractivity contribution in [2.24, 2.45) is 11.8 Å². The number of hydrogen-bond acceptors (Lipinski definition) is 4. The molecule has 0 aliphatic heterocycles. The largest absolute Gasteiger partial charge is 0.466 e. The number of alkyl halides is 1. The minimum Gasteiger partial charge on any atom is -0.466 e. The highest BCUT2D eigenvalue weighted by Gasteiger charge is 2.75. The minimum atomic E-state index is -1.90. The van der Waals surface area contributed by atoms with Gasteiger partial charge in [0.05, 0.1) is 12.2 Å². The Balaban J connectivity index is 1.63. The summed E-state index contributed by atoms with van der Waals surface area (Å²) in [5, 5.41) is 0. The van der Waals surface area contributed by atoms with Gasteiger partial charge in [0.25, 0.3) is 0 Å². The van der Waals surface area contributed by atoms with Gasteiger partial charge in [0.2, 0.25) is 0 Å². The maximum Gasteiger partial charge on any atom is 0.337 e. The van der Waals surface area contributed by atoms with E-state index in [-0.39, 0.29) is 18.8 Å². The monoisotopic (exact) mass is 304 g/mol. The van der Waals surface area contributed by atoms with Crippen LogP contribution in [0.15, 0.2) is 42.0 Å². The maximum atomic E-state index is 14.9. The molecular formula is C17H17FO4. The number of allylic oxidation sites excluding steroid dienone is 1. The van der Waals surface area contributed by atoms with Crippen LogP contribution in [0, 0.1) is 11.8 Å². The highest BCUT2D eigenvalue weighted by Crippen LogP contribution is 2.64. The van der Waals surface area contributed by atoms with Gasteiger partial charge in [0.1, 0.15) is 12.5 Å². The maximum absolute atomic E-state index is 14.9. The van der Waals surface area contributed by atoms with E-state index in [1.54, 1.807) is 6.92 Å². The second-order valence-corrected chi connectivity index (χ2v) is 5.52. The number of halogens is 1. The number of rotatable bonds is 5. The molecule has 0 bridgehead atoms. The van der Waals surface area contributed by atoms with Crippen LogP contribution < -0.4 is 0 Å². The number of carbonyl (C=O) groups excluding carboxylic acids is 2. The molecule has 3 atom stereocenters. The van der Waals surface area contributed by atoms with E-state index in [1.165, 1.54) is 6.08 Å². The highest BCUT2D eigenvalue weighted by molar-refractivity contribution is 5.96. The van der Waals surface area contributed by atoms with Crippen LogP contribution in [0.1, 0.15) is 18.9 Å². The van der Waals surface area contributed by atoms with E-state index in [9.17, 15) is 14.0 Å². The molecule has 0 saturated heterocycles. The summed E-state index contributed by atoms with van der Waals surface area (Å²) >= 11 is 0. The molecular weight excluding hydrogens is 287 g/mol. The first kappa shape index (κ1) is 14.8. The van der Waals surface area contributed by atoms with E-state index in [0.717, 1.165) is 5.56 Å². The summed E-state index contributed by atoms with van der Waals surface area (Å²) in [5.74, 6) is -2.61. The van der Waals surface area contributed by atoms with E-state index in [1.807, 2.05) is 30.3 Å². The molecule has 116 valence electrons. The van der Waals surface area contributed by atoms with E-state index < -0.39 is 29.4 Å². The molecule has 1 aromatic carbocycles.